The molecule has 4 aliphatic rings. The van der Waals surface area contributed by atoms with Crippen LogP contribution in [0.3, 0.4) is 0 Å². The Hall–Kier alpha value is -1.03. The zero-order valence-electron chi connectivity index (χ0n) is 10.8. The first-order valence-corrected chi connectivity index (χ1v) is 7.23. The molecule has 4 N–H and O–H groups in total. The van der Waals surface area contributed by atoms with Crippen LogP contribution >= 0.6 is 0 Å². The van der Waals surface area contributed by atoms with Crippen molar-refractivity contribution < 1.29 is 0 Å². The monoisotopic (exact) mass is 246 g/mol. The van der Waals surface area contributed by atoms with Gasteiger partial charge in [0.1, 0.15) is 5.82 Å². The van der Waals surface area contributed by atoms with Crippen molar-refractivity contribution in [1.29, 1.82) is 0 Å². The van der Waals surface area contributed by atoms with E-state index in [0.29, 0.717) is 6.54 Å². The Morgan fingerprint density at radius 3 is 2.17 bits per heavy atom. The second kappa shape index (κ2) is 3.50. The highest BCUT2D eigenvalue weighted by Crippen LogP contribution is 2.59. The first-order chi connectivity index (χ1) is 8.70. The largest absolute Gasteiger partial charge is 0.384 e. The van der Waals surface area contributed by atoms with Gasteiger partial charge in [-0.2, -0.15) is 5.10 Å². The van der Waals surface area contributed by atoms with E-state index < -0.39 is 0 Å². The van der Waals surface area contributed by atoms with Crippen LogP contribution in [0.25, 0.3) is 0 Å². The SMILES string of the molecule is NCc1cnn(C23CC4CC(CC(C4)C2)C3)c1N. The van der Waals surface area contributed by atoms with E-state index in [1.54, 1.807) is 0 Å². The lowest BCUT2D eigenvalue weighted by Crippen LogP contribution is -2.52. The molecule has 18 heavy (non-hydrogen) atoms. The van der Waals surface area contributed by atoms with Gasteiger partial charge in [-0.1, -0.05) is 0 Å². The van der Waals surface area contributed by atoms with E-state index in [-0.39, 0.29) is 5.54 Å². The number of hydrogen-bond acceptors (Lipinski definition) is 3. The lowest BCUT2D eigenvalue weighted by atomic mass is 9.53. The fourth-order valence-electron chi connectivity index (χ4n) is 5.25. The summed E-state index contributed by atoms with van der Waals surface area (Å²) in [4.78, 5) is 0. The third kappa shape index (κ3) is 1.32. The molecule has 0 aromatic carbocycles. The number of rotatable bonds is 2. The normalized spacial score (nSPS) is 41.5. The molecule has 4 aliphatic carbocycles. The summed E-state index contributed by atoms with van der Waals surface area (Å²) in [5.74, 6) is 3.57. The van der Waals surface area contributed by atoms with Gasteiger partial charge >= 0.3 is 0 Å². The van der Waals surface area contributed by atoms with Gasteiger partial charge in [-0.3, -0.25) is 0 Å². The molecular formula is C14H22N4. The first kappa shape index (κ1) is 10.9. The molecule has 98 valence electrons. The highest BCUT2D eigenvalue weighted by Gasteiger charge is 2.52. The summed E-state index contributed by atoms with van der Waals surface area (Å²) in [5.41, 5.74) is 13.2. The number of anilines is 1. The molecule has 1 aromatic rings. The van der Waals surface area contributed by atoms with E-state index in [0.717, 1.165) is 29.1 Å². The molecule has 0 aliphatic heterocycles. The third-order valence-electron chi connectivity index (χ3n) is 5.56. The van der Waals surface area contributed by atoms with E-state index in [1.807, 2.05) is 6.20 Å². The van der Waals surface area contributed by atoms with Crippen LogP contribution < -0.4 is 11.5 Å². The maximum Gasteiger partial charge on any atom is 0.126 e. The van der Waals surface area contributed by atoms with Crippen LogP contribution in [0.2, 0.25) is 0 Å². The molecular weight excluding hydrogens is 224 g/mol. The van der Waals surface area contributed by atoms with Crippen LogP contribution in [-0.4, -0.2) is 9.78 Å². The van der Waals surface area contributed by atoms with Gasteiger partial charge < -0.3 is 11.5 Å². The van der Waals surface area contributed by atoms with Gasteiger partial charge in [-0.05, 0) is 56.3 Å². The summed E-state index contributed by atoms with van der Waals surface area (Å²) in [6, 6.07) is 0. The Kier molecular flexibility index (Phi) is 2.11. The fourth-order valence-corrected chi connectivity index (χ4v) is 5.25. The van der Waals surface area contributed by atoms with Gasteiger partial charge in [-0.15, -0.1) is 0 Å². The Labute approximate surface area is 108 Å². The van der Waals surface area contributed by atoms with E-state index in [4.69, 9.17) is 11.5 Å². The van der Waals surface area contributed by atoms with Gasteiger partial charge in [0.05, 0.1) is 11.7 Å². The predicted octanol–water partition coefficient (Wildman–Crippen LogP) is 1.85. The number of hydrogen-bond donors (Lipinski definition) is 2. The Bertz CT molecular complexity index is 441. The molecule has 0 spiro atoms. The molecule has 5 rings (SSSR count). The van der Waals surface area contributed by atoms with Crippen molar-refractivity contribution in [2.24, 2.45) is 23.5 Å². The Morgan fingerprint density at radius 1 is 1.17 bits per heavy atom. The van der Waals surface area contributed by atoms with Crippen molar-refractivity contribution in [3.8, 4) is 0 Å². The second-order valence-electron chi connectivity index (χ2n) is 6.81. The summed E-state index contributed by atoms with van der Waals surface area (Å²) in [6.07, 6.45) is 10.1. The number of nitrogen functional groups attached to an aromatic ring is 1. The third-order valence-corrected chi connectivity index (χ3v) is 5.56. The molecule has 4 saturated carbocycles. The van der Waals surface area contributed by atoms with Crippen molar-refractivity contribution in [3.05, 3.63) is 11.8 Å². The molecule has 0 atom stereocenters. The van der Waals surface area contributed by atoms with Gasteiger partial charge in [0.2, 0.25) is 0 Å². The predicted molar refractivity (Wildman–Crippen MR) is 70.7 cm³/mol. The lowest BCUT2D eigenvalue weighted by Gasteiger charge is -2.56. The average molecular weight is 246 g/mol. The fraction of sp³-hybridized carbons (Fsp3) is 0.786. The molecule has 1 heterocycles. The summed E-state index contributed by atoms with van der Waals surface area (Å²) in [6.45, 7) is 0.498. The Balaban J connectivity index is 1.76. The molecule has 0 radical (unpaired) electrons. The summed E-state index contributed by atoms with van der Waals surface area (Å²) in [5, 5.41) is 4.59. The highest BCUT2D eigenvalue weighted by molar-refractivity contribution is 5.40. The average Bonchev–Trinajstić information content (AvgIpc) is 2.69. The summed E-state index contributed by atoms with van der Waals surface area (Å²) >= 11 is 0. The van der Waals surface area contributed by atoms with Crippen LogP contribution in [0, 0.1) is 17.8 Å². The zero-order valence-corrected chi connectivity index (χ0v) is 10.8. The standard InChI is InChI=1S/C14H22N4/c15-7-12-8-17-18(13(12)16)14-4-9-1-10(5-14)3-11(2-9)6-14/h8-11H,1-7,15-16H2. The maximum absolute atomic E-state index is 6.26. The van der Waals surface area contributed by atoms with Crippen LogP contribution in [0.4, 0.5) is 5.82 Å². The number of nitrogens with two attached hydrogens (primary N) is 2. The molecule has 1 aromatic heterocycles. The van der Waals surface area contributed by atoms with Crippen LogP contribution in [0.15, 0.2) is 6.20 Å². The summed E-state index contributed by atoms with van der Waals surface area (Å²) < 4.78 is 2.14. The molecule has 0 amide bonds. The molecule has 4 nitrogen and oxygen atoms in total. The molecule has 0 unspecified atom stereocenters. The van der Waals surface area contributed by atoms with Crippen LogP contribution in [0.5, 0.6) is 0 Å². The topological polar surface area (TPSA) is 69.9 Å². The van der Waals surface area contributed by atoms with Crippen LogP contribution in [0.1, 0.15) is 44.1 Å². The smallest absolute Gasteiger partial charge is 0.126 e. The number of nitrogens with zero attached hydrogens (tertiary/aromatic N) is 2. The van der Waals surface area contributed by atoms with E-state index in [9.17, 15) is 0 Å². The summed E-state index contributed by atoms with van der Waals surface area (Å²) in [7, 11) is 0. The van der Waals surface area contributed by atoms with Crippen molar-refractivity contribution in [2.75, 3.05) is 5.73 Å². The van der Waals surface area contributed by atoms with Crippen molar-refractivity contribution >= 4 is 5.82 Å². The molecule has 4 fully saturated rings. The van der Waals surface area contributed by atoms with Gasteiger partial charge in [0.15, 0.2) is 0 Å². The van der Waals surface area contributed by atoms with Crippen molar-refractivity contribution in [3.63, 3.8) is 0 Å². The first-order valence-electron chi connectivity index (χ1n) is 7.23. The van der Waals surface area contributed by atoms with Crippen molar-refractivity contribution in [1.82, 2.24) is 9.78 Å². The maximum atomic E-state index is 6.26. The minimum Gasteiger partial charge on any atom is -0.384 e. The molecule has 4 heteroatoms. The lowest BCUT2D eigenvalue weighted by molar-refractivity contribution is -0.0481. The van der Waals surface area contributed by atoms with E-state index in [1.165, 1.54) is 38.5 Å². The zero-order chi connectivity index (χ0) is 12.3. The van der Waals surface area contributed by atoms with Gasteiger partial charge in [0, 0.05) is 12.1 Å². The Morgan fingerprint density at radius 2 is 1.72 bits per heavy atom. The van der Waals surface area contributed by atoms with Gasteiger partial charge in [0.25, 0.3) is 0 Å². The van der Waals surface area contributed by atoms with E-state index >= 15 is 0 Å². The minimum atomic E-state index is 0.228. The van der Waals surface area contributed by atoms with Gasteiger partial charge in [-0.25, -0.2) is 4.68 Å². The van der Waals surface area contributed by atoms with Crippen molar-refractivity contribution in [2.45, 2.75) is 50.6 Å². The minimum absolute atomic E-state index is 0.228. The molecule has 0 saturated heterocycles. The highest BCUT2D eigenvalue weighted by atomic mass is 15.4. The van der Waals surface area contributed by atoms with E-state index in [2.05, 4.69) is 9.78 Å². The second-order valence-corrected chi connectivity index (χ2v) is 6.81. The quantitative estimate of drug-likeness (QED) is 0.836. The molecule has 4 bridgehead atoms. The number of aromatic nitrogens is 2. The van der Waals surface area contributed by atoms with Crippen LogP contribution in [-0.2, 0) is 12.1 Å².